The monoisotopic (exact) mass is 234 g/mol. The van der Waals surface area contributed by atoms with Crippen molar-refractivity contribution < 1.29 is 9.59 Å². The molecule has 1 saturated carbocycles. The van der Waals surface area contributed by atoms with Crippen LogP contribution in [0.2, 0.25) is 0 Å². The van der Waals surface area contributed by atoms with Gasteiger partial charge in [-0.25, -0.2) is 0 Å². The molecule has 4 atom stereocenters. The number of carbonyl (C=O) groups excluding carboxylic acids is 2. The fourth-order valence-corrected chi connectivity index (χ4v) is 3.68. The minimum Gasteiger partial charge on any atom is -0.300 e. The first-order valence-corrected chi connectivity index (χ1v) is 6.75. The molecule has 0 N–H and O–H groups in total. The summed E-state index contributed by atoms with van der Waals surface area (Å²) in [6.45, 7) is 3.36. The lowest BCUT2D eigenvalue weighted by Crippen LogP contribution is -2.22. The van der Waals surface area contributed by atoms with E-state index in [9.17, 15) is 9.59 Å². The molecule has 0 aromatic heterocycles. The van der Waals surface area contributed by atoms with E-state index < -0.39 is 0 Å². The summed E-state index contributed by atoms with van der Waals surface area (Å²) in [4.78, 5) is 22.3. The summed E-state index contributed by atoms with van der Waals surface area (Å²) in [5.41, 5.74) is 0. The van der Waals surface area contributed by atoms with Crippen molar-refractivity contribution in [2.45, 2.75) is 46.0 Å². The number of hydrogen-bond acceptors (Lipinski definition) is 2. The summed E-state index contributed by atoms with van der Waals surface area (Å²) in [6, 6.07) is 0. The largest absolute Gasteiger partial charge is 0.300 e. The number of hydrogen-bond donors (Lipinski definition) is 0. The Morgan fingerprint density at radius 3 is 2.29 bits per heavy atom. The average Bonchev–Trinajstić information content (AvgIpc) is 2.79. The van der Waals surface area contributed by atoms with E-state index in [1.54, 1.807) is 13.8 Å². The van der Waals surface area contributed by atoms with Gasteiger partial charge in [0.05, 0.1) is 0 Å². The van der Waals surface area contributed by atoms with Crippen LogP contribution in [-0.4, -0.2) is 11.6 Å². The van der Waals surface area contributed by atoms with E-state index in [2.05, 4.69) is 12.2 Å². The van der Waals surface area contributed by atoms with Crippen molar-refractivity contribution in [3.8, 4) is 0 Å². The number of rotatable bonds is 6. The third-order valence-corrected chi connectivity index (χ3v) is 4.39. The molecule has 1 fully saturated rings. The second-order valence-electron chi connectivity index (χ2n) is 5.78. The molecule has 2 bridgehead atoms. The average molecular weight is 234 g/mol. The van der Waals surface area contributed by atoms with Crippen LogP contribution in [0.3, 0.4) is 0 Å². The molecule has 2 aliphatic carbocycles. The van der Waals surface area contributed by atoms with Crippen LogP contribution >= 0.6 is 0 Å². The Morgan fingerprint density at radius 2 is 1.71 bits per heavy atom. The lowest BCUT2D eigenvalue weighted by Gasteiger charge is -2.27. The first-order chi connectivity index (χ1) is 8.08. The predicted molar refractivity (Wildman–Crippen MR) is 67.5 cm³/mol. The van der Waals surface area contributed by atoms with Gasteiger partial charge in [0.2, 0.25) is 0 Å². The minimum atomic E-state index is 0.284. The smallest absolute Gasteiger partial charge is 0.130 e. The highest BCUT2D eigenvalue weighted by atomic mass is 16.1. The maximum absolute atomic E-state index is 11.3. The summed E-state index contributed by atoms with van der Waals surface area (Å²) in [7, 11) is 0. The van der Waals surface area contributed by atoms with E-state index in [4.69, 9.17) is 0 Å². The molecule has 94 valence electrons. The van der Waals surface area contributed by atoms with Crippen LogP contribution in [0.25, 0.3) is 0 Å². The van der Waals surface area contributed by atoms with Gasteiger partial charge < -0.3 is 9.59 Å². The fourth-order valence-electron chi connectivity index (χ4n) is 3.68. The van der Waals surface area contributed by atoms with Gasteiger partial charge in [0.25, 0.3) is 0 Å². The van der Waals surface area contributed by atoms with Gasteiger partial charge in [-0.15, -0.1) is 0 Å². The molecule has 2 heteroatoms. The Hall–Kier alpha value is -0.920. The van der Waals surface area contributed by atoms with Gasteiger partial charge in [0.15, 0.2) is 0 Å². The van der Waals surface area contributed by atoms with E-state index in [1.165, 1.54) is 6.42 Å². The molecular weight excluding hydrogens is 212 g/mol. The standard InChI is InChI=1S/C15H22O2/c1-10(16)4-3-5-14-12-6-7-13(9-12)15(14)8-11(2)17/h6-7,12-15H,3-5,8-9H2,1-2H3. The van der Waals surface area contributed by atoms with Gasteiger partial charge in [-0.05, 0) is 56.8 Å². The van der Waals surface area contributed by atoms with E-state index >= 15 is 0 Å². The van der Waals surface area contributed by atoms with Crippen LogP contribution in [-0.2, 0) is 9.59 Å². The zero-order chi connectivity index (χ0) is 12.4. The summed E-state index contributed by atoms with van der Waals surface area (Å²) >= 11 is 0. The van der Waals surface area contributed by atoms with Crippen molar-refractivity contribution >= 4 is 11.6 Å². The summed E-state index contributed by atoms with van der Waals surface area (Å²) < 4.78 is 0. The lowest BCUT2D eigenvalue weighted by atomic mass is 9.77. The molecule has 0 aromatic carbocycles. The fraction of sp³-hybridized carbons (Fsp3) is 0.733. The topological polar surface area (TPSA) is 34.1 Å². The quantitative estimate of drug-likeness (QED) is 0.661. The molecule has 2 nitrogen and oxygen atoms in total. The molecule has 2 rings (SSSR count). The van der Waals surface area contributed by atoms with Gasteiger partial charge in [-0.2, -0.15) is 0 Å². The van der Waals surface area contributed by atoms with Gasteiger partial charge in [0.1, 0.15) is 11.6 Å². The molecule has 0 heterocycles. The van der Waals surface area contributed by atoms with Crippen molar-refractivity contribution in [3.05, 3.63) is 12.2 Å². The van der Waals surface area contributed by atoms with Crippen LogP contribution in [0.1, 0.15) is 46.0 Å². The SMILES string of the molecule is CC(=O)CCCC1C2C=CC(C2)C1CC(C)=O. The van der Waals surface area contributed by atoms with Crippen molar-refractivity contribution in [2.24, 2.45) is 23.7 Å². The molecular formula is C15H22O2. The van der Waals surface area contributed by atoms with E-state index in [-0.39, 0.29) is 5.78 Å². The highest BCUT2D eigenvalue weighted by molar-refractivity contribution is 5.76. The molecule has 0 aromatic rings. The van der Waals surface area contributed by atoms with Gasteiger partial charge >= 0.3 is 0 Å². The molecule has 0 saturated heterocycles. The van der Waals surface area contributed by atoms with Gasteiger partial charge in [0, 0.05) is 12.8 Å². The number of fused-ring (bicyclic) bond motifs is 2. The molecule has 0 aliphatic heterocycles. The Morgan fingerprint density at radius 1 is 1.06 bits per heavy atom. The van der Waals surface area contributed by atoms with E-state index in [0.29, 0.717) is 35.9 Å². The van der Waals surface area contributed by atoms with Crippen LogP contribution in [0, 0.1) is 23.7 Å². The number of Topliss-reactive ketones (excluding diaryl/α,β-unsaturated/α-hetero) is 2. The van der Waals surface area contributed by atoms with Crippen LogP contribution < -0.4 is 0 Å². The van der Waals surface area contributed by atoms with Crippen LogP contribution in [0.5, 0.6) is 0 Å². The molecule has 17 heavy (non-hydrogen) atoms. The van der Waals surface area contributed by atoms with Crippen molar-refractivity contribution in [1.82, 2.24) is 0 Å². The second-order valence-corrected chi connectivity index (χ2v) is 5.78. The molecule has 2 aliphatic rings. The van der Waals surface area contributed by atoms with Crippen LogP contribution in [0.4, 0.5) is 0 Å². The number of carbonyl (C=O) groups is 2. The van der Waals surface area contributed by atoms with Gasteiger partial charge in [-0.1, -0.05) is 12.2 Å². The molecule has 0 radical (unpaired) electrons. The summed E-state index contributed by atoms with van der Waals surface area (Å²) in [5.74, 6) is 3.10. The zero-order valence-electron chi connectivity index (χ0n) is 10.8. The minimum absolute atomic E-state index is 0.284. The lowest BCUT2D eigenvalue weighted by molar-refractivity contribution is -0.119. The second kappa shape index (κ2) is 5.16. The maximum Gasteiger partial charge on any atom is 0.130 e. The van der Waals surface area contributed by atoms with Crippen LogP contribution in [0.15, 0.2) is 12.2 Å². The molecule has 0 spiro atoms. The third kappa shape index (κ3) is 2.85. The molecule has 4 unspecified atom stereocenters. The highest BCUT2D eigenvalue weighted by Gasteiger charge is 2.43. The third-order valence-electron chi connectivity index (χ3n) is 4.39. The first-order valence-electron chi connectivity index (χ1n) is 6.75. The Balaban J connectivity index is 1.92. The predicted octanol–water partition coefficient (Wildman–Crippen LogP) is 3.16. The van der Waals surface area contributed by atoms with E-state index in [1.807, 2.05) is 0 Å². The molecule has 0 amide bonds. The summed E-state index contributed by atoms with van der Waals surface area (Å²) in [6.07, 6.45) is 9.41. The van der Waals surface area contributed by atoms with Crippen molar-refractivity contribution in [3.63, 3.8) is 0 Å². The Labute approximate surface area is 103 Å². The first kappa shape index (κ1) is 12.5. The zero-order valence-corrected chi connectivity index (χ0v) is 10.8. The summed E-state index contributed by atoms with van der Waals surface area (Å²) in [5, 5.41) is 0. The number of allylic oxidation sites excluding steroid dienone is 2. The number of ketones is 2. The van der Waals surface area contributed by atoms with Crippen molar-refractivity contribution in [1.29, 1.82) is 0 Å². The van der Waals surface area contributed by atoms with Gasteiger partial charge in [-0.3, -0.25) is 0 Å². The Bertz CT molecular complexity index is 343. The van der Waals surface area contributed by atoms with Crippen molar-refractivity contribution in [2.75, 3.05) is 0 Å². The van der Waals surface area contributed by atoms with E-state index in [0.717, 1.165) is 19.3 Å². The normalized spacial score (nSPS) is 34.2. The highest BCUT2D eigenvalue weighted by Crippen LogP contribution is 2.51. The Kier molecular flexibility index (Phi) is 3.80. The maximum atomic E-state index is 11.3.